The number of alkyl halides is 3. The van der Waals surface area contributed by atoms with Gasteiger partial charge in [-0.1, -0.05) is 6.07 Å². The molecule has 0 saturated heterocycles. The Bertz CT molecular complexity index is 1220. The molecule has 0 radical (unpaired) electrons. The number of carbonyl (C=O) groups excluding carboxylic acids is 1. The van der Waals surface area contributed by atoms with E-state index in [9.17, 15) is 35.5 Å². The number of hydrogen-bond acceptors (Lipinski definition) is 5. The van der Waals surface area contributed by atoms with Crippen molar-refractivity contribution in [2.24, 2.45) is 0 Å². The Balaban J connectivity index is 1.90. The highest BCUT2D eigenvalue weighted by Gasteiger charge is 2.36. The minimum atomic E-state index is -5.40. The average molecular weight is 494 g/mol. The first-order chi connectivity index (χ1) is 15.9. The number of rotatable bonds is 8. The molecule has 1 heterocycles. The van der Waals surface area contributed by atoms with E-state index < -0.39 is 70.2 Å². The Kier molecular flexibility index (Phi) is 7.27. The first kappa shape index (κ1) is 25.2. The van der Waals surface area contributed by atoms with E-state index in [4.69, 9.17) is 13.9 Å². The Morgan fingerprint density at radius 3 is 2.38 bits per heavy atom. The van der Waals surface area contributed by atoms with Crippen molar-refractivity contribution in [2.45, 2.75) is 39.7 Å². The smallest absolute Gasteiger partial charge is 0.485 e. The molecule has 0 saturated carbocycles. The zero-order valence-corrected chi connectivity index (χ0v) is 17.7. The molecule has 5 nitrogen and oxygen atoms in total. The Morgan fingerprint density at radius 2 is 1.74 bits per heavy atom. The molecular weight excluding hydrogens is 477 g/mol. The Hall–Kier alpha value is -3.44. The molecule has 0 fully saturated rings. The van der Waals surface area contributed by atoms with Gasteiger partial charge in [-0.2, -0.15) is 4.39 Å². The lowest BCUT2D eigenvalue weighted by atomic mass is 10.1. The monoisotopic (exact) mass is 494 g/mol. The van der Waals surface area contributed by atoms with Crippen molar-refractivity contribution in [3.8, 4) is 11.5 Å². The largest absolute Gasteiger partial charge is 0.573 e. The summed E-state index contributed by atoms with van der Waals surface area (Å²) in [5.41, 5.74) is -1.33. The van der Waals surface area contributed by atoms with Crippen molar-refractivity contribution >= 4 is 16.9 Å². The predicted octanol–water partition coefficient (Wildman–Crippen LogP) is 6.27. The third-order valence-electron chi connectivity index (χ3n) is 4.65. The molecule has 12 heteroatoms. The van der Waals surface area contributed by atoms with Crippen LogP contribution in [0.3, 0.4) is 0 Å². The summed E-state index contributed by atoms with van der Waals surface area (Å²) in [6.45, 7) is 2.11. The molecule has 184 valence electrons. The molecule has 0 bridgehead atoms. The van der Waals surface area contributed by atoms with Gasteiger partial charge in [-0.3, -0.25) is 4.79 Å². The maximum atomic E-state index is 14.8. The third kappa shape index (κ3) is 5.37. The van der Waals surface area contributed by atoms with Crippen molar-refractivity contribution in [3.63, 3.8) is 0 Å². The van der Waals surface area contributed by atoms with Crippen LogP contribution in [0.2, 0.25) is 0 Å². The van der Waals surface area contributed by atoms with E-state index in [0.717, 1.165) is 18.2 Å². The van der Waals surface area contributed by atoms with E-state index >= 15 is 0 Å². The van der Waals surface area contributed by atoms with Gasteiger partial charge >= 0.3 is 12.3 Å². The highest BCUT2D eigenvalue weighted by molar-refractivity contribution is 5.84. The van der Waals surface area contributed by atoms with Gasteiger partial charge in [0.1, 0.15) is 18.0 Å². The molecular formula is C22H17F7O5. The van der Waals surface area contributed by atoms with Gasteiger partial charge in [-0.25, -0.2) is 13.2 Å². The van der Waals surface area contributed by atoms with Crippen LogP contribution in [0.4, 0.5) is 30.7 Å². The van der Waals surface area contributed by atoms with Crippen LogP contribution in [-0.2, 0) is 22.6 Å². The van der Waals surface area contributed by atoms with Gasteiger partial charge in [0.25, 0.3) is 0 Å². The molecule has 34 heavy (non-hydrogen) atoms. The van der Waals surface area contributed by atoms with E-state index in [-0.39, 0.29) is 30.8 Å². The summed E-state index contributed by atoms with van der Waals surface area (Å²) in [5.74, 6) is -9.22. The van der Waals surface area contributed by atoms with Gasteiger partial charge in [-0.05, 0) is 38.0 Å². The molecule has 3 rings (SSSR count). The van der Waals surface area contributed by atoms with Crippen LogP contribution < -0.4 is 9.47 Å². The first-order valence-electron chi connectivity index (χ1n) is 9.83. The van der Waals surface area contributed by atoms with Crippen molar-refractivity contribution in [1.29, 1.82) is 0 Å². The third-order valence-corrected chi connectivity index (χ3v) is 4.65. The van der Waals surface area contributed by atoms with Crippen molar-refractivity contribution in [1.82, 2.24) is 0 Å². The van der Waals surface area contributed by atoms with Crippen LogP contribution in [0.1, 0.15) is 30.2 Å². The average Bonchev–Trinajstić information content (AvgIpc) is 3.14. The highest BCUT2D eigenvalue weighted by atomic mass is 19.4. The minimum absolute atomic E-state index is 0.0434. The maximum absolute atomic E-state index is 14.8. The number of ether oxygens (including phenoxy) is 3. The number of esters is 1. The number of benzene rings is 2. The molecule has 0 amide bonds. The predicted molar refractivity (Wildman–Crippen MR) is 103 cm³/mol. The molecule has 1 aromatic heterocycles. The topological polar surface area (TPSA) is 57.9 Å². The van der Waals surface area contributed by atoms with Gasteiger partial charge in [0.15, 0.2) is 23.2 Å². The van der Waals surface area contributed by atoms with Crippen molar-refractivity contribution in [3.05, 3.63) is 58.4 Å². The van der Waals surface area contributed by atoms with Crippen LogP contribution >= 0.6 is 0 Å². The van der Waals surface area contributed by atoms with E-state index in [1.807, 2.05) is 0 Å². The van der Waals surface area contributed by atoms with E-state index in [0.29, 0.717) is 0 Å². The van der Waals surface area contributed by atoms with Gasteiger partial charge in [0.05, 0.1) is 17.6 Å². The number of hydrogen-bond donors (Lipinski definition) is 0. The summed E-state index contributed by atoms with van der Waals surface area (Å²) in [7, 11) is 0. The maximum Gasteiger partial charge on any atom is 0.573 e. The summed E-state index contributed by atoms with van der Waals surface area (Å²) in [4.78, 5) is 11.4. The summed E-state index contributed by atoms with van der Waals surface area (Å²) in [6, 6.07) is 3.15. The van der Waals surface area contributed by atoms with Crippen LogP contribution in [0, 0.1) is 30.2 Å². The highest BCUT2D eigenvalue weighted by Crippen LogP contribution is 2.38. The van der Waals surface area contributed by atoms with Crippen LogP contribution in [-0.4, -0.2) is 18.9 Å². The number of furan rings is 1. The molecule has 0 aliphatic rings. The molecule has 0 atom stereocenters. The van der Waals surface area contributed by atoms with Crippen LogP contribution in [0.25, 0.3) is 11.0 Å². The summed E-state index contributed by atoms with van der Waals surface area (Å²) >= 11 is 0. The van der Waals surface area contributed by atoms with Gasteiger partial charge < -0.3 is 18.6 Å². The van der Waals surface area contributed by atoms with Crippen LogP contribution in [0.5, 0.6) is 11.5 Å². The SMILES string of the molecule is CCOC(=O)CCc1ccc(OCc2c(F)c(OC(F)(F)F)c(F)c3cc(C)oc23)c(F)c1F. The fourth-order valence-electron chi connectivity index (χ4n) is 3.19. The van der Waals surface area contributed by atoms with Crippen LogP contribution in [0.15, 0.2) is 22.6 Å². The Labute approximate surface area is 188 Å². The zero-order chi connectivity index (χ0) is 25.2. The lowest BCUT2D eigenvalue weighted by Crippen LogP contribution is -2.19. The number of aryl methyl sites for hydroxylation is 2. The molecule has 0 aliphatic carbocycles. The van der Waals surface area contributed by atoms with Gasteiger partial charge in [-0.15, -0.1) is 13.2 Å². The Morgan fingerprint density at radius 1 is 1.03 bits per heavy atom. The van der Waals surface area contributed by atoms with Gasteiger partial charge in [0, 0.05) is 6.42 Å². The van der Waals surface area contributed by atoms with E-state index in [2.05, 4.69) is 4.74 Å². The zero-order valence-electron chi connectivity index (χ0n) is 17.7. The lowest BCUT2D eigenvalue weighted by molar-refractivity contribution is -0.276. The summed E-state index contributed by atoms with van der Waals surface area (Å²) in [6.07, 6.45) is -5.78. The number of halogens is 7. The first-order valence-corrected chi connectivity index (χ1v) is 9.83. The lowest BCUT2D eigenvalue weighted by Gasteiger charge is -2.15. The second-order valence-electron chi connectivity index (χ2n) is 7.03. The summed E-state index contributed by atoms with van der Waals surface area (Å²) in [5, 5.41) is -0.516. The fraction of sp³-hybridized carbons (Fsp3) is 0.318. The standard InChI is InChI=1S/C22H17F7O5/c1-3-31-15(30)7-5-11-4-6-14(19(26)16(11)23)32-9-13-18(25)21(34-22(27,28)29)17(24)12-8-10(2)33-20(12)13/h4,6,8H,3,5,7,9H2,1-2H3. The van der Waals surface area contributed by atoms with Gasteiger partial charge in [0.2, 0.25) is 11.6 Å². The second-order valence-corrected chi connectivity index (χ2v) is 7.03. The fourth-order valence-corrected chi connectivity index (χ4v) is 3.19. The quantitative estimate of drug-likeness (QED) is 0.273. The molecule has 3 aromatic rings. The number of carbonyl (C=O) groups is 1. The second kappa shape index (κ2) is 9.82. The minimum Gasteiger partial charge on any atom is -0.485 e. The molecule has 0 aliphatic heterocycles. The molecule has 0 spiro atoms. The molecule has 2 aromatic carbocycles. The molecule has 0 N–H and O–H groups in total. The normalized spacial score (nSPS) is 11.7. The van der Waals surface area contributed by atoms with Crippen molar-refractivity contribution < 1.29 is 54.2 Å². The van der Waals surface area contributed by atoms with Crippen molar-refractivity contribution in [2.75, 3.05) is 6.61 Å². The van der Waals surface area contributed by atoms with E-state index in [1.165, 1.54) is 6.92 Å². The molecule has 0 unspecified atom stereocenters. The van der Waals surface area contributed by atoms with E-state index in [1.54, 1.807) is 6.92 Å². The number of fused-ring (bicyclic) bond motifs is 1. The summed E-state index contributed by atoms with van der Waals surface area (Å²) < 4.78 is 114.